The molecular formula is C13H20N2OS. The maximum Gasteiger partial charge on any atom is 0.173 e. The van der Waals surface area contributed by atoms with Crippen LogP contribution in [-0.4, -0.2) is 31.9 Å². The minimum atomic E-state index is 0.207. The highest BCUT2D eigenvalue weighted by Crippen LogP contribution is 2.17. The summed E-state index contributed by atoms with van der Waals surface area (Å²) in [5, 5.41) is 3.95. The number of thiocarbonyl (C=S) groups is 1. The van der Waals surface area contributed by atoms with Crippen molar-refractivity contribution in [3.05, 3.63) is 29.8 Å². The Morgan fingerprint density at radius 3 is 2.71 bits per heavy atom. The Morgan fingerprint density at radius 1 is 1.47 bits per heavy atom. The van der Waals surface area contributed by atoms with Gasteiger partial charge in [-0.3, -0.25) is 0 Å². The van der Waals surface area contributed by atoms with E-state index in [1.165, 1.54) is 5.56 Å². The van der Waals surface area contributed by atoms with Gasteiger partial charge in [-0.25, -0.2) is 0 Å². The highest BCUT2D eigenvalue weighted by atomic mass is 32.1. The molecule has 1 unspecified atom stereocenters. The third-order valence-electron chi connectivity index (χ3n) is 2.57. The van der Waals surface area contributed by atoms with Gasteiger partial charge in [-0.05, 0) is 37.7 Å². The Balaban J connectivity index is 2.67. The summed E-state index contributed by atoms with van der Waals surface area (Å²) in [7, 11) is 3.66. The van der Waals surface area contributed by atoms with Crippen LogP contribution in [0.1, 0.15) is 12.5 Å². The van der Waals surface area contributed by atoms with E-state index < -0.39 is 0 Å². The van der Waals surface area contributed by atoms with E-state index in [1.807, 2.05) is 31.0 Å². The zero-order valence-corrected chi connectivity index (χ0v) is 11.7. The molecule has 3 nitrogen and oxygen atoms in total. The third kappa shape index (κ3) is 3.98. The van der Waals surface area contributed by atoms with Crippen LogP contribution in [-0.2, 0) is 4.74 Å². The Labute approximate surface area is 109 Å². The SMILES string of the molecule is COCC(C)NC(=S)N(C)c1ccccc1C. The maximum atomic E-state index is 5.37. The van der Waals surface area contributed by atoms with E-state index in [9.17, 15) is 0 Å². The van der Waals surface area contributed by atoms with Gasteiger partial charge in [0.1, 0.15) is 0 Å². The second-order valence-electron chi connectivity index (χ2n) is 4.15. The molecule has 1 rings (SSSR count). The fourth-order valence-corrected chi connectivity index (χ4v) is 1.95. The van der Waals surface area contributed by atoms with Crippen molar-refractivity contribution in [2.45, 2.75) is 19.9 Å². The number of anilines is 1. The van der Waals surface area contributed by atoms with E-state index >= 15 is 0 Å². The molecule has 0 aromatic heterocycles. The van der Waals surface area contributed by atoms with Crippen molar-refractivity contribution >= 4 is 23.0 Å². The summed E-state index contributed by atoms with van der Waals surface area (Å²) >= 11 is 5.37. The lowest BCUT2D eigenvalue weighted by Gasteiger charge is -2.25. The number of ether oxygens (including phenoxy) is 1. The summed E-state index contributed by atoms with van der Waals surface area (Å²) < 4.78 is 5.07. The first kappa shape index (κ1) is 13.9. The maximum absolute atomic E-state index is 5.37. The molecule has 4 heteroatoms. The summed E-state index contributed by atoms with van der Waals surface area (Å²) in [6.07, 6.45) is 0. The Bertz CT molecular complexity index is 381. The van der Waals surface area contributed by atoms with Gasteiger partial charge in [0.25, 0.3) is 0 Å². The topological polar surface area (TPSA) is 24.5 Å². The molecule has 0 heterocycles. The molecule has 0 saturated heterocycles. The number of para-hydroxylation sites is 1. The number of rotatable bonds is 4. The molecule has 17 heavy (non-hydrogen) atoms. The molecule has 0 aliphatic heterocycles. The summed E-state index contributed by atoms with van der Waals surface area (Å²) in [6, 6.07) is 8.38. The predicted molar refractivity (Wildman–Crippen MR) is 76.7 cm³/mol. The molecule has 0 bridgehead atoms. The van der Waals surface area contributed by atoms with E-state index in [0.29, 0.717) is 11.7 Å². The Morgan fingerprint density at radius 2 is 2.12 bits per heavy atom. The average Bonchev–Trinajstić information content (AvgIpc) is 2.29. The highest BCUT2D eigenvalue weighted by Gasteiger charge is 2.11. The van der Waals surface area contributed by atoms with Crippen molar-refractivity contribution in [3.63, 3.8) is 0 Å². The van der Waals surface area contributed by atoms with Gasteiger partial charge in [-0.1, -0.05) is 18.2 Å². The smallest absolute Gasteiger partial charge is 0.173 e. The Kier molecular flexibility index (Phi) is 5.38. The second-order valence-corrected chi connectivity index (χ2v) is 4.54. The van der Waals surface area contributed by atoms with Crippen molar-refractivity contribution in [2.75, 3.05) is 25.7 Å². The Hall–Kier alpha value is -1.13. The number of nitrogens with one attached hydrogen (secondary N) is 1. The molecule has 0 fully saturated rings. The molecule has 0 radical (unpaired) electrons. The van der Waals surface area contributed by atoms with Crippen LogP contribution in [0.25, 0.3) is 0 Å². The summed E-state index contributed by atoms with van der Waals surface area (Å²) in [5.41, 5.74) is 2.33. The minimum absolute atomic E-state index is 0.207. The quantitative estimate of drug-likeness (QED) is 0.831. The zero-order valence-electron chi connectivity index (χ0n) is 10.9. The van der Waals surface area contributed by atoms with Crippen LogP contribution in [0.5, 0.6) is 0 Å². The number of benzene rings is 1. The van der Waals surface area contributed by atoms with E-state index in [0.717, 1.165) is 5.69 Å². The van der Waals surface area contributed by atoms with Crippen molar-refractivity contribution in [1.82, 2.24) is 5.32 Å². The molecule has 1 N–H and O–H groups in total. The van der Waals surface area contributed by atoms with Gasteiger partial charge in [-0.15, -0.1) is 0 Å². The lowest BCUT2D eigenvalue weighted by molar-refractivity contribution is 0.179. The monoisotopic (exact) mass is 252 g/mol. The van der Waals surface area contributed by atoms with Gasteiger partial charge >= 0.3 is 0 Å². The van der Waals surface area contributed by atoms with E-state index in [4.69, 9.17) is 17.0 Å². The summed E-state index contributed by atoms with van der Waals surface area (Å²) in [4.78, 5) is 1.98. The fraction of sp³-hybridized carbons (Fsp3) is 0.462. The molecule has 0 aliphatic rings. The third-order valence-corrected chi connectivity index (χ3v) is 2.96. The molecule has 1 aromatic rings. The molecule has 0 saturated carbocycles. The van der Waals surface area contributed by atoms with Gasteiger partial charge in [-0.2, -0.15) is 0 Å². The lowest BCUT2D eigenvalue weighted by Crippen LogP contribution is -2.43. The van der Waals surface area contributed by atoms with Gasteiger partial charge in [0, 0.05) is 25.9 Å². The largest absolute Gasteiger partial charge is 0.383 e. The average molecular weight is 252 g/mol. The molecule has 1 aromatic carbocycles. The van der Waals surface area contributed by atoms with Gasteiger partial charge < -0.3 is 15.0 Å². The van der Waals surface area contributed by atoms with Crippen LogP contribution in [0, 0.1) is 6.92 Å². The van der Waals surface area contributed by atoms with E-state index in [-0.39, 0.29) is 6.04 Å². The molecule has 0 amide bonds. The van der Waals surface area contributed by atoms with Crippen LogP contribution in [0.4, 0.5) is 5.69 Å². The van der Waals surface area contributed by atoms with Crippen LogP contribution >= 0.6 is 12.2 Å². The number of methoxy groups -OCH3 is 1. The first-order valence-corrected chi connectivity index (χ1v) is 6.06. The molecule has 1 atom stereocenters. The van der Waals surface area contributed by atoms with Crippen LogP contribution in [0.15, 0.2) is 24.3 Å². The predicted octanol–water partition coefficient (Wildman–Crippen LogP) is 2.34. The number of aryl methyl sites for hydroxylation is 1. The molecule has 0 aliphatic carbocycles. The summed E-state index contributed by atoms with van der Waals surface area (Å²) in [6.45, 7) is 4.76. The minimum Gasteiger partial charge on any atom is -0.383 e. The van der Waals surface area contributed by atoms with Crippen molar-refractivity contribution in [2.24, 2.45) is 0 Å². The standard InChI is InChI=1S/C13H20N2OS/c1-10-7-5-6-8-12(10)15(3)13(17)14-11(2)9-16-4/h5-8,11H,9H2,1-4H3,(H,14,17). The molecule has 94 valence electrons. The van der Waals surface area contributed by atoms with Crippen LogP contribution < -0.4 is 10.2 Å². The van der Waals surface area contributed by atoms with Crippen molar-refractivity contribution in [1.29, 1.82) is 0 Å². The number of hydrogen-bond acceptors (Lipinski definition) is 2. The number of hydrogen-bond donors (Lipinski definition) is 1. The van der Waals surface area contributed by atoms with E-state index in [1.54, 1.807) is 7.11 Å². The van der Waals surface area contributed by atoms with Crippen LogP contribution in [0.2, 0.25) is 0 Å². The van der Waals surface area contributed by atoms with Crippen LogP contribution in [0.3, 0.4) is 0 Å². The normalized spacial score (nSPS) is 12.0. The van der Waals surface area contributed by atoms with Gasteiger partial charge in [0.15, 0.2) is 5.11 Å². The van der Waals surface area contributed by atoms with Gasteiger partial charge in [0.05, 0.1) is 6.61 Å². The first-order chi connectivity index (χ1) is 8.06. The molecule has 0 spiro atoms. The zero-order chi connectivity index (χ0) is 12.8. The first-order valence-electron chi connectivity index (χ1n) is 5.65. The lowest BCUT2D eigenvalue weighted by atomic mass is 10.2. The van der Waals surface area contributed by atoms with E-state index in [2.05, 4.69) is 24.4 Å². The van der Waals surface area contributed by atoms with Crippen molar-refractivity contribution < 1.29 is 4.74 Å². The second kappa shape index (κ2) is 6.57. The fourth-order valence-electron chi connectivity index (χ4n) is 1.65. The molecular weight excluding hydrogens is 232 g/mol. The summed E-state index contributed by atoms with van der Waals surface area (Å²) in [5.74, 6) is 0. The van der Waals surface area contributed by atoms with Crippen molar-refractivity contribution in [3.8, 4) is 0 Å². The van der Waals surface area contributed by atoms with Gasteiger partial charge in [0.2, 0.25) is 0 Å². The highest BCUT2D eigenvalue weighted by molar-refractivity contribution is 7.80. The number of nitrogens with zero attached hydrogens (tertiary/aromatic N) is 1.